The van der Waals surface area contributed by atoms with E-state index in [1.165, 1.54) is 5.56 Å². The van der Waals surface area contributed by atoms with Crippen molar-refractivity contribution in [1.29, 1.82) is 0 Å². The number of carbonyl (C=O) groups excluding carboxylic acids is 2. The Labute approximate surface area is 191 Å². The minimum absolute atomic E-state index is 0.156. The lowest BCUT2D eigenvalue weighted by molar-refractivity contribution is -0.129. The molecule has 3 aromatic heterocycles. The molecule has 0 saturated carbocycles. The second-order valence-electron chi connectivity index (χ2n) is 8.50. The zero-order chi connectivity index (χ0) is 22.8. The molecule has 1 aliphatic heterocycles. The molecule has 0 radical (unpaired) electrons. The first-order chi connectivity index (χ1) is 15.3. The normalized spacial score (nSPS) is 19.8. The van der Waals surface area contributed by atoms with Crippen molar-refractivity contribution in [3.63, 3.8) is 0 Å². The highest BCUT2D eigenvalue weighted by Gasteiger charge is 2.40. The molecule has 0 aliphatic carbocycles. The third-order valence-corrected chi connectivity index (χ3v) is 6.43. The summed E-state index contributed by atoms with van der Waals surface area (Å²) >= 11 is 6.16. The molecule has 0 bridgehead atoms. The molecule has 168 valence electrons. The van der Waals surface area contributed by atoms with Crippen LogP contribution in [0.1, 0.15) is 30.2 Å². The molecule has 0 aromatic carbocycles. The van der Waals surface area contributed by atoms with Gasteiger partial charge in [-0.2, -0.15) is 0 Å². The van der Waals surface area contributed by atoms with Crippen LogP contribution >= 0.6 is 11.6 Å². The number of carbonyl (C=O) groups is 2. The summed E-state index contributed by atoms with van der Waals surface area (Å²) in [5.74, 6) is -0.307. The molecule has 2 unspecified atom stereocenters. The second-order valence-corrected chi connectivity index (χ2v) is 8.90. The Balaban J connectivity index is 1.40. The molecule has 3 atom stereocenters. The lowest BCUT2D eigenvalue weighted by Crippen LogP contribution is -2.51. The summed E-state index contributed by atoms with van der Waals surface area (Å²) in [7, 11) is 0. The van der Waals surface area contributed by atoms with Crippen molar-refractivity contribution in [3.05, 3.63) is 58.6 Å². The van der Waals surface area contributed by atoms with E-state index in [-0.39, 0.29) is 11.8 Å². The Hall–Kier alpha value is -2.97. The largest absolute Gasteiger partial charge is 0.368 e. The van der Waals surface area contributed by atoms with Crippen LogP contribution in [0.3, 0.4) is 0 Å². The van der Waals surface area contributed by atoms with Crippen LogP contribution in [0.25, 0.3) is 11.0 Å². The quantitative estimate of drug-likeness (QED) is 0.506. The first kappa shape index (κ1) is 22.2. The lowest BCUT2D eigenvalue weighted by atomic mass is 9.97. The van der Waals surface area contributed by atoms with Gasteiger partial charge in [0.15, 0.2) is 0 Å². The fourth-order valence-corrected chi connectivity index (χ4v) is 4.67. The van der Waals surface area contributed by atoms with E-state index in [9.17, 15) is 9.59 Å². The third kappa shape index (κ3) is 4.76. The van der Waals surface area contributed by atoms with Gasteiger partial charge < -0.3 is 16.0 Å². The zero-order valence-electron chi connectivity index (χ0n) is 18.1. The molecular formula is C23H27ClN6O2. The van der Waals surface area contributed by atoms with E-state index in [0.717, 1.165) is 23.1 Å². The van der Waals surface area contributed by atoms with Crippen LogP contribution in [-0.2, 0) is 22.6 Å². The van der Waals surface area contributed by atoms with E-state index in [1.54, 1.807) is 18.6 Å². The maximum atomic E-state index is 12.9. The van der Waals surface area contributed by atoms with Gasteiger partial charge in [0.25, 0.3) is 0 Å². The van der Waals surface area contributed by atoms with Crippen molar-refractivity contribution in [2.75, 3.05) is 6.54 Å². The third-order valence-electron chi connectivity index (χ3n) is 6.12. The number of primary amides is 1. The van der Waals surface area contributed by atoms with Gasteiger partial charge in [-0.15, -0.1) is 0 Å². The summed E-state index contributed by atoms with van der Waals surface area (Å²) in [6, 6.07) is 5.01. The number of amides is 2. The highest BCUT2D eigenvalue weighted by molar-refractivity contribution is 6.35. The van der Waals surface area contributed by atoms with E-state index in [0.29, 0.717) is 30.2 Å². The fourth-order valence-electron chi connectivity index (χ4n) is 4.47. The van der Waals surface area contributed by atoms with E-state index in [1.807, 2.05) is 30.9 Å². The van der Waals surface area contributed by atoms with Gasteiger partial charge in [0, 0.05) is 42.8 Å². The van der Waals surface area contributed by atoms with Crippen molar-refractivity contribution < 1.29 is 9.59 Å². The number of fused-ring (bicyclic) bond motifs is 1. The van der Waals surface area contributed by atoms with Crippen molar-refractivity contribution >= 4 is 34.4 Å². The first-order valence-corrected chi connectivity index (χ1v) is 11.1. The minimum Gasteiger partial charge on any atom is -0.368 e. The van der Waals surface area contributed by atoms with Gasteiger partial charge in [0.1, 0.15) is 5.65 Å². The van der Waals surface area contributed by atoms with E-state index in [2.05, 4.69) is 26.3 Å². The SMILES string of the molecule is Cc1cc(CC2CC(C(N)=O)N([C@@H](C)C(=O)NCc3cnc4[nH]cc(Cl)c4c3)C2)ccn1. The lowest BCUT2D eigenvalue weighted by Gasteiger charge is -2.28. The van der Waals surface area contributed by atoms with Crippen LogP contribution in [0.4, 0.5) is 0 Å². The average Bonchev–Trinajstić information content (AvgIpc) is 3.35. The molecule has 1 aliphatic rings. The Morgan fingerprint density at radius 2 is 2.16 bits per heavy atom. The predicted octanol–water partition coefficient (Wildman–Crippen LogP) is 2.34. The maximum absolute atomic E-state index is 12.9. The van der Waals surface area contributed by atoms with Gasteiger partial charge in [0.05, 0.1) is 17.1 Å². The van der Waals surface area contributed by atoms with E-state index < -0.39 is 18.0 Å². The van der Waals surface area contributed by atoms with Crippen molar-refractivity contribution in [3.8, 4) is 0 Å². The number of aryl methyl sites for hydroxylation is 1. The Morgan fingerprint density at radius 1 is 1.34 bits per heavy atom. The van der Waals surface area contributed by atoms with Gasteiger partial charge in [-0.1, -0.05) is 11.6 Å². The van der Waals surface area contributed by atoms with Crippen LogP contribution in [-0.4, -0.2) is 50.3 Å². The number of nitrogens with zero attached hydrogens (tertiary/aromatic N) is 3. The number of H-pyrrole nitrogens is 1. The number of aromatic nitrogens is 3. The molecule has 3 aromatic rings. The molecule has 8 nitrogen and oxygen atoms in total. The first-order valence-electron chi connectivity index (χ1n) is 10.7. The summed E-state index contributed by atoms with van der Waals surface area (Å²) in [5.41, 5.74) is 9.37. The smallest absolute Gasteiger partial charge is 0.237 e. The molecule has 32 heavy (non-hydrogen) atoms. The zero-order valence-corrected chi connectivity index (χ0v) is 18.9. The van der Waals surface area contributed by atoms with Crippen LogP contribution in [0.5, 0.6) is 0 Å². The predicted molar refractivity (Wildman–Crippen MR) is 123 cm³/mol. The molecule has 1 fully saturated rings. The molecule has 1 saturated heterocycles. The number of aromatic amines is 1. The fraction of sp³-hybridized carbons (Fsp3) is 0.391. The van der Waals surface area contributed by atoms with Gasteiger partial charge in [-0.25, -0.2) is 4.98 Å². The summed E-state index contributed by atoms with van der Waals surface area (Å²) in [6.07, 6.45) is 6.65. The number of likely N-dealkylation sites (tertiary alicyclic amines) is 1. The number of pyridine rings is 2. The van der Waals surface area contributed by atoms with Crippen LogP contribution in [0.15, 0.2) is 36.8 Å². The van der Waals surface area contributed by atoms with Gasteiger partial charge in [0.2, 0.25) is 11.8 Å². The highest BCUT2D eigenvalue weighted by atomic mass is 35.5. The van der Waals surface area contributed by atoms with Crippen LogP contribution in [0, 0.1) is 12.8 Å². The van der Waals surface area contributed by atoms with E-state index >= 15 is 0 Å². The Bertz CT molecular complexity index is 1150. The van der Waals surface area contributed by atoms with Gasteiger partial charge in [-0.05, 0) is 61.9 Å². The molecule has 9 heteroatoms. The topological polar surface area (TPSA) is 117 Å². The summed E-state index contributed by atoms with van der Waals surface area (Å²) in [6.45, 7) is 4.73. The number of hydrogen-bond acceptors (Lipinski definition) is 5. The molecular weight excluding hydrogens is 428 g/mol. The molecule has 2 amide bonds. The maximum Gasteiger partial charge on any atom is 0.237 e. The van der Waals surface area contributed by atoms with Crippen LogP contribution in [0.2, 0.25) is 5.02 Å². The summed E-state index contributed by atoms with van der Waals surface area (Å²) in [5, 5.41) is 4.35. The minimum atomic E-state index is -0.482. The molecule has 4 heterocycles. The summed E-state index contributed by atoms with van der Waals surface area (Å²) < 4.78 is 0. The second kappa shape index (κ2) is 9.26. The number of hydrogen-bond donors (Lipinski definition) is 3. The van der Waals surface area contributed by atoms with Gasteiger partial charge in [-0.3, -0.25) is 19.5 Å². The van der Waals surface area contributed by atoms with E-state index in [4.69, 9.17) is 17.3 Å². The Kier molecular flexibility index (Phi) is 6.43. The molecule has 4 N–H and O–H groups in total. The monoisotopic (exact) mass is 454 g/mol. The van der Waals surface area contributed by atoms with Crippen molar-refractivity contribution in [2.24, 2.45) is 11.7 Å². The number of rotatable bonds is 7. The Morgan fingerprint density at radius 3 is 2.91 bits per heavy atom. The van der Waals surface area contributed by atoms with Crippen molar-refractivity contribution in [2.45, 2.75) is 45.3 Å². The highest BCUT2D eigenvalue weighted by Crippen LogP contribution is 2.28. The van der Waals surface area contributed by atoms with Gasteiger partial charge >= 0.3 is 0 Å². The molecule has 0 spiro atoms. The van der Waals surface area contributed by atoms with Crippen LogP contribution < -0.4 is 11.1 Å². The standard InChI is InChI=1S/C23H27ClN6O2/c1-13-5-15(3-4-26-13)6-16-8-20(21(25)31)30(12-16)14(2)23(32)29-10-17-7-18-19(24)11-28-22(18)27-9-17/h3-5,7,9,11,14,16,20H,6,8,10,12H2,1-2H3,(H2,25,31)(H,27,28)(H,29,32)/t14-,16?,20?/m0/s1. The number of nitrogens with one attached hydrogen (secondary N) is 2. The van der Waals surface area contributed by atoms with Crippen molar-refractivity contribution in [1.82, 2.24) is 25.2 Å². The average molecular weight is 455 g/mol. The number of halogens is 1. The summed E-state index contributed by atoms with van der Waals surface area (Å²) in [4.78, 5) is 38.5. The molecule has 4 rings (SSSR count). The number of nitrogens with two attached hydrogens (primary N) is 1.